The second kappa shape index (κ2) is 10.3. The van der Waals surface area contributed by atoms with Gasteiger partial charge >= 0.3 is 5.97 Å². The van der Waals surface area contributed by atoms with Crippen molar-refractivity contribution in [1.82, 2.24) is 14.9 Å². The summed E-state index contributed by atoms with van der Waals surface area (Å²) in [5.74, 6) is 0.0310. The molecule has 1 aromatic heterocycles. The molecule has 2 fully saturated rings. The van der Waals surface area contributed by atoms with Crippen molar-refractivity contribution in [3.05, 3.63) is 41.8 Å². The number of carbonyl (C=O) groups is 2. The van der Waals surface area contributed by atoms with Crippen LogP contribution < -0.4 is 4.90 Å². The zero-order valence-electron chi connectivity index (χ0n) is 19.3. The second-order valence-corrected chi connectivity index (χ2v) is 8.82. The van der Waals surface area contributed by atoms with Gasteiger partial charge in [0, 0.05) is 37.4 Å². The van der Waals surface area contributed by atoms with E-state index in [4.69, 9.17) is 9.72 Å². The van der Waals surface area contributed by atoms with Gasteiger partial charge in [-0.25, -0.2) is 14.4 Å². The minimum atomic E-state index is -0.323. The van der Waals surface area contributed by atoms with Crippen molar-refractivity contribution in [2.24, 2.45) is 5.92 Å². The van der Waals surface area contributed by atoms with Crippen molar-refractivity contribution >= 4 is 17.7 Å². The summed E-state index contributed by atoms with van der Waals surface area (Å²) in [4.78, 5) is 39.0. The molecule has 0 bridgehead atoms. The Labute approximate surface area is 194 Å². The molecule has 7 nitrogen and oxygen atoms in total. The summed E-state index contributed by atoms with van der Waals surface area (Å²) in [6.45, 7) is 6.00. The Bertz CT molecular complexity index is 998. The lowest BCUT2D eigenvalue weighted by atomic mass is 9.97. The molecule has 8 heteroatoms. The van der Waals surface area contributed by atoms with Gasteiger partial charge in [-0.1, -0.05) is 0 Å². The summed E-state index contributed by atoms with van der Waals surface area (Å²) in [5.41, 5.74) is 1.14. The molecule has 0 N–H and O–H groups in total. The molecule has 2 atom stereocenters. The predicted octanol–water partition coefficient (Wildman–Crippen LogP) is 4.08. The summed E-state index contributed by atoms with van der Waals surface area (Å²) in [6, 6.07) is 6.29. The number of benzene rings is 1. The number of likely N-dealkylation sites (tertiary alicyclic amines) is 1. The van der Waals surface area contributed by atoms with Gasteiger partial charge in [-0.2, -0.15) is 0 Å². The van der Waals surface area contributed by atoms with Crippen LogP contribution in [0.15, 0.2) is 30.5 Å². The number of amides is 1. The number of halogens is 1. The number of piperidine rings is 2. The lowest BCUT2D eigenvalue weighted by Crippen LogP contribution is -2.44. The Kier molecular flexibility index (Phi) is 7.20. The van der Waals surface area contributed by atoms with E-state index in [-0.39, 0.29) is 29.7 Å². The Hall–Kier alpha value is -3.03. The maximum Gasteiger partial charge on any atom is 0.310 e. The first kappa shape index (κ1) is 23.1. The molecule has 2 aliphatic heterocycles. The maximum absolute atomic E-state index is 13.6. The number of nitrogens with zero attached hydrogens (tertiary/aromatic N) is 4. The normalized spacial score (nSPS) is 21.1. The molecule has 33 heavy (non-hydrogen) atoms. The molecule has 176 valence electrons. The number of hydrogen-bond donors (Lipinski definition) is 0. The van der Waals surface area contributed by atoms with E-state index in [1.165, 1.54) is 12.1 Å². The van der Waals surface area contributed by atoms with Crippen LogP contribution in [-0.4, -0.2) is 59.0 Å². The van der Waals surface area contributed by atoms with E-state index in [0.29, 0.717) is 42.5 Å². The molecular formula is C25H31FN4O3. The number of hydrogen-bond acceptors (Lipinski definition) is 6. The van der Waals surface area contributed by atoms with E-state index in [9.17, 15) is 14.0 Å². The highest BCUT2D eigenvalue weighted by molar-refractivity contribution is 5.99. The maximum atomic E-state index is 13.6. The van der Waals surface area contributed by atoms with Crippen LogP contribution in [0.1, 0.15) is 56.3 Å². The number of rotatable bonds is 5. The van der Waals surface area contributed by atoms with Gasteiger partial charge in [-0.15, -0.1) is 0 Å². The molecule has 0 spiro atoms. The number of esters is 1. The molecule has 0 saturated carbocycles. The molecule has 2 aromatic rings. The molecule has 4 rings (SSSR count). The van der Waals surface area contributed by atoms with Crippen LogP contribution in [0.25, 0.3) is 11.4 Å². The van der Waals surface area contributed by atoms with Gasteiger partial charge in [0.15, 0.2) is 5.82 Å². The summed E-state index contributed by atoms with van der Waals surface area (Å²) in [7, 11) is 0. The van der Waals surface area contributed by atoms with Crippen molar-refractivity contribution < 1.29 is 18.7 Å². The van der Waals surface area contributed by atoms with Crippen molar-refractivity contribution in [2.45, 2.75) is 52.0 Å². The number of ether oxygens (including phenoxy) is 1. The van der Waals surface area contributed by atoms with Crippen molar-refractivity contribution in [3.63, 3.8) is 0 Å². The highest BCUT2D eigenvalue weighted by Gasteiger charge is 2.33. The van der Waals surface area contributed by atoms with E-state index in [0.717, 1.165) is 38.6 Å². The fourth-order valence-corrected chi connectivity index (χ4v) is 4.68. The Balaban J connectivity index is 1.66. The molecule has 3 heterocycles. The number of anilines is 1. The molecule has 1 amide bonds. The predicted molar refractivity (Wildman–Crippen MR) is 123 cm³/mol. The van der Waals surface area contributed by atoms with Gasteiger partial charge in [0.25, 0.3) is 5.91 Å². The Morgan fingerprint density at radius 1 is 1.12 bits per heavy atom. The minimum absolute atomic E-state index is 0.164. The lowest BCUT2D eigenvalue weighted by molar-refractivity contribution is -0.149. The van der Waals surface area contributed by atoms with E-state index in [1.807, 2.05) is 0 Å². The van der Waals surface area contributed by atoms with Gasteiger partial charge in [0.05, 0.1) is 12.5 Å². The lowest BCUT2D eigenvalue weighted by Gasteiger charge is -2.37. The van der Waals surface area contributed by atoms with Crippen LogP contribution >= 0.6 is 0 Å². The topological polar surface area (TPSA) is 75.6 Å². The standard InChI is InChI=1S/C25H31FN4O3/c1-3-33-25(32)19-8-6-13-29(16-19)24(31)21-15-27-22(18-9-11-20(26)12-10-18)28-23(21)30-14-5-4-7-17(30)2/h9-12,15,17,19H,3-8,13-14,16H2,1-2H3/t17-,19+/m0/s1. The van der Waals surface area contributed by atoms with Crippen LogP contribution in [-0.2, 0) is 9.53 Å². The average molecular weight is 455 g/mol. The first-order valence-electron chi connectivity index (χ1n) is 11.8. The van der Waals surface area contributed by atoms with Crippen LogP contribution in [0.5, 0.6) is 0 Å². The third kappa shape index (κ3) is 5.15. The zero-order valence-corrected chi connectivity index (χ0v) is 19.3. The first-order valence-corrected chi connectivity index (χ1v) is 11.8. The van der Waals surface area contributed by atoms with Crippen LogP contribution in [0.2, 0.25) is 0 Å². The van der Waals surface area contributed by atoms with E-state index >= 15 is 0 Å². The fourth-order valence-electron chi connectivity index (χ4n) is 4.68. The van der Waals surface area contributed by atoms with Gasteiger partial charge in [-0.05, 0) is 70.2 Å². The average Bonchev–Trinajstić information content (AvgIpc) is 2.84. The molecule has 0 aliphatic carbocycles. The monoisotopic (exact) mass is 454 g/mol. The van der Waals surface area contributed by atoms with Crippen molar-refractivity contribution in [2.75, 3.05) is 31.1 Å². The summed E-state index contributed by atoms with van der Waals surface area (Å²) >= 11 is 0. The Morgan fingerprint density at radius 2 is 1.91 bits per heavy atom. The molecule has 0 unspecified atom stereocenters. The molecule has 1 aromatic carbocycles. The van der Waals surface area contributed by atoms with Crippen LogP contribution in [0.3, 0.4) is 0 Å². The highest BCUT2D eigenvalue weighted by atomic mass is 19.1. The van der Waals surface area contributed by atoms with Crippen LogP contribution in [0.4, 0.5) is 10.2 Å². The zero-order chi connectivity index (χ0) is 23.4. The van der Waals surface area contributed by atoms with Crippen molar-refractivity contribution in [3.8, 4) is 11.4 Å². The largest absolute Gasteiger partial charge is 0.466 e. The molecule has 0 radical (unpaired) electrons. The van der Waals surface area contributed by atoms with Crippen molar-refractivity contribution in [1.29, 1.82) is 0 Å². The first-order chi connectivity index (χ1) is 16.0. The van der Waals surface area contributed by atoms with Gasteiger partial charge < -0.3 is 14.5 Å². The molecule has 2 saturated heterocycles. The smallest absolute Gasteiger partial charge is 0.310 e. The number of aromatic nitrogens is 2. The number of carbonyl (C=O) groups excluding carboxylic acids is 2. The quantitative estimate of drug-likeness (QED) is 0.634. The van der Waals surface area contributed by atoms with Crippen LogP contribution in [0, 0.1) is 11.7 Å². The molecule has 2 aliphatic rings. The van der Waals surface area contributed by atoms with E-state index in [1.54, 1.807) is 30.2 Å². The minimum Gasteiger partial charge on any atom is -0.466 e. The van der Waals surface area contributed by atoms with E-state index in [2.05, 4.69) is 16.8 Å². The van der Waals surface area contributed by atoms with Gasteiger partial charge in [0.2, 0.25) is 0 Å². The SMILES string of the molecule is CCOC(=O)[C@@H]1CCCN(C(=O)c2cnc(-c3ccc(F)cc3)nc2N2CCCC[C@@H]2C)C1. The third-order valence-corrected chi connectivity index (χ3v) is 6.51. The second-order valence-electron chi connectivity index (χ2n) is 8.82. The summed E-state index contributed by atoms with van der Waals surface area (Å²) in [5, 5.41) is 0. The third-order valence-electron chi connectivity index (χ3n) is 6.51. The summed E-state index contributed by atoms with van der Waals surface area (Å²) in [6.07, 6.45) is 6.25. The van der Waals surface area contributed by atoms with Gasteiger partial charge in [0.1, 0.15) is 17.2 Å². The summed E-state index contributed by atoms with van der Waals surface area (Å²) < 4.78 is 18.6. The van der Waals surface area contributed by atoms with E-state index < -0.39 is 0 Å². The Morgan fingerprint density at radius 3 is 2.64 bits per heavy atom. The van der Waals surface area contributed by atoms with Gasteiger partial charge in [-0.3, -0.25) is 9.59 Å². The fraction of sp³-hybridized carbons (Fsp3) is 0.520. The highest BCUT2D eigenvalue weighted by Crippen LogP contribution is 2.30. The molecular weight excluding hydrogens is 423 g/mol.